The summed E-state index contributed by atoms with van der Waals surface area (Å²) in [5.41, 5.74) is 1.47. The van der Waals surface area contributed by atoms with Crippen molar-refractivity contribution in [3.63, 3.8) is 0 Å². The highest BCUT2D eigenvalue weighted by Gasteiger charge is 2.19. The van der Waals surface area contributed by atoms with Gasteiger partial charge in [-0.15, -0.1) is 10.2 Å². The Balaban J connectivity index is 1.47. The van der Waals surface area contributed by atoms with Crippen LogP contribution in [-0.2, 0) is 13.0 Å². The molecule has 0 saturated carbocycles. The molecule has 0 unspecified atom stereocenters. The summed E-state index contributed by atoms with van der Waals surface area (Å²) in [5, 5.41) is 7.88. The molecule has 1 fully saturated rings. The van der Waals surface area contributed by atoms with Crippen LogP contribution in [0.3, 0.4) is 0 Å². The van der Waals surface area contributed by atoms with E-state index in [-0.39, 0.29) is 0 Å². The van der Waals surface area contributed by atoms with E-state index in [1.54, 1.807) is 6.33 Å². The molecule has 1 aromatic carbocycles. The Kier molecular flexibility index (Phi) is 3.89. The monoisotopic (exact) mass is 256 g/mol. The average molecular weight is 256 g/mol. The van der Waals surface area contributed by atoms with E-state index in [2.05, 4.69) is 50.4 Å². The van der Waals surface area contributed by atoms with Crippen molar-refractivity contribution < 1.29 is 0 Å². The van der Waals surface area contributed by atoms with Gasteiger partial charge in [0.2, 0.25) is 0 Å². The Morgan fingerprint density at radius 2 is 1.95 bits per heavy atom. The molecule has 1 aliphatic rings. The standard InChI is InChI=1S/C15H20N4/c1-2-4-13(5-3-1)10-14-6-8-19(9-7-14)11-15-16-12-17-18-15/h1-5,12,14H,6-11H2,(H,16,17,18). The van der Waals surface area contributed by atoms with Crippen molar-refractivity contribution in [3.05, 3.63) is 48.0 Å². The Labute approximate surface area is 113 Å². The molecule has 0 aliphatic carbocycles. The number of hydrogen-bond donors (Lipinski definition) is 1. The number of rotatable bonds is 4. The number of benzene rings is 1. The third kappa shape index (κ3) is 3.41. The molecule has 0 spiro atoms. The zero-order chi connectivity index (χ0) is 12.9. The molecule has 0 atom stereocenters. The molecule has 2 aromatic rings. The van der Waals surface area contributed by atoms with Crippen LogP contribution in [0.25, 0.3) is 0 Å². The molecule has 19 heavy (non-hydrogen) atoms. The fourth-order valence-corrected chi connectivity index (χ4v) is 2.82. The van der Waals surface area contributed by atoms with Crippen molar-refractivity contribution in [2.75, 3.05) is 13.1 Å². The maximum atomic E-state index is 4.05. The van der Waals surface area contributed by atoms with E-state index >= 15 is 0 Å². The van der Waals surface area contributed by atoms with Crippen LogP contribution in [0, 0.1) is 5.92 Å². The van der Waals surface area contributed by atoms with Crippen LogP contribution < -0.4 is 0 Å². The van der Waals surface area contributed by atoms with Crippen LogP contribution in [-0.4, -0.2) is 33.2 Å². The first-order valence-electron chi connectivity index (χ1n) is 7.01. The number of hydrogen-bond acceptors (Lipinski definition) is 3. The lowest BCUT2D eigenvalue weighted by Gasteiger charge is -2.31. The molecule has 0 amide bonds. The van der Waals surface area contributed by atoms with Crippen molar-refractivity contribution in [1.82, 2.24) is 20.1 Å². The van der Waals surface area contributed by atoms with Gasteiger partial charge in [-0.05, 0) is 43.8 Å². The maximum absolute atomic E-state index is 4.05. The molecule has 4 heteroatoms. The van der Waals surface area contributed by atoms with Gasteiger partial charge >= 0.3 is 0 Å². The fourth-order valence-electron chi connectivity index (χ4n) is 2.82. The first-order valence-corrected chi connectivity index (χ1v) is 7.01. The summed E-state index contributed by atoms with van der Waals surface area (Å²) >= 11 is 0. The number of nitrogens with one attached hydrogen (secondary N) is 1. The Morgan fingerprint density at radius 3 is 2.63 bits per heavy atom. The van der Waals surface area contributed by atoms with Crippen LogP contribution >= 0.6 is 0 Å². The lowest BCUT2D eigenvalue weighted by molar-refractivity contribution is 0.173. The summed E-state index contributed by atoms with van der Waals surface area (Å²) in [6.45, 7) is 3.23. The summed E-state index contributed by atoms with van der Waals surface area (Å²) in [5.74, 6) is 1.80. The summed E-state index contributed by atoms with van der Waals surface area (Å²) in [7, 11) is 0. The minimum absolute atomic E-state index is 0.827. The molecule has 1 N–H and O–H groups in total. The highest BCUT2D eigenvalue weighted by atomic mass is 15.2. The lowest BCUT2D eigenvalue weighted by atomic mass is 9.90. The largest absolute Gasteiger partial charge is 0.330 e. The average Bonchev–Trinajstić information content (AvgIpc) is 2.95. The topological polar surface area (TPSA) is 44.8 Å². The van der Waals surface area contributed by atoms with Gasteiger partial charge in [-0.2, -0.15) is 0 Å². The highest BCUT2D eigenvalue weighted by molar-refractivity contribution is 5.15. The predicted molar refractivity (Wildman–Crippen MR) is 74.5 cm³/mol. The van der Waals surface area contributed by atoms with Gasteiger partial charge in [-0.25, -0.2) is 0 Å². The fraction of sp³-hybridized carbons (Fsp3) is 0.467. The Morgan fingerprint density at radius 1 is 1.16 bits per heavy atom. The molecule has 0 radical (unpaired) electrons. The zero-order valence-corrected chi connectivity index (χ0v) is 11.1. The van der Waals surface area contributed by atoms with Gasteiger partial charge in [0, 0.05) is 0 Å². The number of likely N-dealkylation sites (tertiary alicyclic amines) is 1. The molecular formula is C15H20N4. The summed E-state index contributed by atoms with van der Waals surface area (Å²) < 4.78 is 0. The van der Waals surface area contributed by atoms with Crippen molar-refractivity contribution in [3.8, 4) is 0 Å². The molecule has 3 rings (SSSR count). The van der Waals surface area contributed by atoms with Crippen molar-refractivity contribution in [2.24, 2.45) is 5.92 Å². The molecular weight excluding hydrogens is 236 g/mol. The quantitative estimate of drug-likeness (QED) is 0.912. The summed E-state index contributed by atoms with van der Waals surface area (Å²) in [4.78, 5) is 5.53. The van der Waals surface area contributed by atoms with Crippen molar-refractivity contribution >= 4 is 0 Å². The van der Waals surface area contributed by atoms with Crippen LogP contribution in [0.5, 0.6) is 0 Å². The lowest BCUT2D eigenvalue weighted by Crippen LogP contribution is -2.34. The normalized spacial score (nSPS) is 17.7. The van der Waals surface area contributed by atoms with Gasteiger partial charge < -0.3 is 4.98 Å². The van der Waals surface area contributed by atoms with Crippen molar-refractivity contribution in [1.29, 1.82) is 0 Å². The van der Waals surface area contributed by atoms with Gasteiger partial charge in [0.25, 0.3) is 0 Å². The summed E-state index contributed by atoms with van der Waals surface area (Å²) in [6, 6.07) is 10.8. The molecule has 1 saturated heterocycles. The van der Waals surface area contributed by atoms with E-state index in [0.29, 0.717) is 0 Å². The number of H-pyrrole nitrogens is 1. The SMILES string of the molecule is c1ccc(CC2CCN(Cc3nnc[nH]3)CC2)cc1. The molecule has 100 valence electrons. The second kappa shape index (κ2) is 5.97. The van der Waals surface area contributed by atoms with E-state index in [0.717, 1.165) is 31.4 Å². The first-order chi connectivity index (χ1) is 9.40. The van der Waals surface area contributed by atoms with Crippen LogP contribution in [0.4, 0.5) is 0 Å². The van der Waals surface area contributed by atoms with E-state index in [1.165, 1.54) is 24.8 Å². The smallest absolute Gasteiger partial charge is 0.144 e. The molecule has 1 aromatic heterocycles. The molecule has 4 nitrogen and oxygen atoms in total. The van der Waals surface area contributed by atoms with Gasteiger partial charge in [-0.3, -0.25) is 4.90 Å². The Hall–Kier alpha value is -1.68. The van der Waals surface area contributed by atoms with E-state index < -0.39 is 0 Å². The van der Waals surface area contributed by atoms with E-state index in [9.17, 15) is 0 Å². The summed E-state index contributed by atoms with van der Waals surface area (Å²) in [6.07, 6.45) is 5.43. The molecule has 2 heterocycles. The Bertz CT molecular complexity index is 472. The zero-order valence-electron chi connectivity index (χ0n) is 11.1. The number of aromatic amines is 1. The van der Waals surface area contributed by atoms with Crippen LogP contribution in [0.15, 0.2) is 36.7 Å². The minimum Gasteiger partial charge on any atom is -0.330 e. The highest BCUT2D eigenvalue weighted by Crippen LogP contribution is 2.22. The predicted octanol–water partition coefficient (Wildman–Crippen LogP) is 2.26. The number of nitrogens with zero attached hydrogens (tertiary/aromatic N) is 3. The maximum Gasteiger partial charge on any atom is 0.144 e. The minimum atomic E-state index is 0.827. The van der Waals surface area contributed by atoms with E-state index in [4.69, 9.17) is 0 Å². The van der Waals surface area contributed by atoms with E-state index in [1.807, 2.05) is 0 Å². The van der Waals surface area contributed by atoms with Gasteiger partial charge in [0.1, 0.15) is 12.2 Å². The second-order valence-electron chi connectivity index (χ2n) is 5.34. The third-order valence-corrected chi connectivity index (χ3v) is 3.92. The molecule has 1 aliphatic heterocycles. The third-order valence-electron chi connectivity index (χ3n) is 3.92. The van der Waals surface area contributed by atoms with Gasteiger partial charge in [0.05, 0.1) is 6.54 Å². The van der Waals surface area contributed by atoms with Crippen LogP contribution in [0.2, 0.25) is 0 Å². The van der Waals surface area contributed by atoms with Crippen molar-refractivity contribution in [2.45, 2.75) is 25.8 Å². The van der Waals surface area contributed by atoms with Gasteiger partial charge in [0.15, 0.2) is 0 Å². The first kappa shape index (κ1) is 12.4. The second-order valence-corrected chi connectivity index (χ2v) is 5.34. The van der Waals surface area contributed by atoms with Crippen LogP contribution in [0.1, 0.15) is 24.2 Å². The number of aromatic nitrogens is 3. The number of piperidine rings is 1. The molecule has 0 bridgehead atoms. The van der Waals surface area contributed by atoms with Gasteiger partial charge in [-0.1, -0.05) is 30.3 Å².